The van der Waals surface area contributed by atoms with Crippen LogP contribution in [0.1, 0.15) is 5.69 Å². The molecule has 0 fully saturated rings. The van der Waals surface area contributed by atoms with Crippen LogP contribution in [0, 0.1) is 10.1 Å². The standard InChI is InChI=1S/C6H6N2O4/c9-3-4-1-5(8(11)12)6(10)2-7-4/h1-2,9-10H,3H2. The summed E-state index contributed by atoms with van der Waals surface area (Å²) in [6.07, 6.45) is 0.934. The zero-order chi connectivity index (χ0) is 9.14. The van der Waals surface area contributed by atoms with Gasteiger partial charge in [-0.3, -0.25) is 15.1 Å². The van der Waals surface area contributed by atoms with Gasteiger partial charge in [-0.1, -0.05) is 0 Å². The average molecular weight is 170 g/mol. The highest BCUT2D eigenvalue weighted by atomic mass is 16.6. The summed E-state index contributed by atoms with van der Waals surface area (Å²) in [6.45, 7) is -0.388. The maximum absolute atomic E-state index is 10.2. The minimum atomic E-state index is -0.740. The van der Waals surface area contributed by atoms with Crippen molar-refractivity contribution < 1.29 is 15.1 Å². The molecular weight excluding hydrogens is 164 g/mol. The molecule has 0 aliphatic carbocycles. The van der Waals surface area contributed by atoms with Crippen LogP contribution in [-0.4, -0.2) is 20.1 Å². The van der Waals surface area contributed by atoms with Gasteiger partial charge in [-0.05, 0) is 0 Å². The zero-order valence-electron chi connectivity index (χ0n) is 5.97. The number of nitrogens with zero attached hydrogens (tertiary/aromatic N) is 2. The minimum absolute atomic E-state index is 0.152. The Morgan fingerprint density at radius 1 is 1.67 bits per heavy atom. The lowest BCUT2D eigenvalue weighted by Crippen LogP contribution is -1.93. The zero-order valence-corrected chi connectivity index (χ0v) is 5.97. The van der Waals surface area contributed by atoms with Gasteiger partial charge in [0.2, 0.25) is 5.75 Å². The smallest absolute Gasteiger partial charge is 0.314 e. The predicted molar refractivity (Wildman–Crippen MR) is 38.5 cm³/mol. The van der Waals surface area contributed by atoms with Crippen molar-refractivity contribution in [2.45, 2.75) is 6.61 Å². The molecule has 0 spiro atoms. The van der Waals surface area contributed by atoms with E-state index in [9.17, 15) is 10.1 Å². The summed E-state index contributed by atoms with van der Waals surface area (Å²) in [5.41, 5.74) is -0.298. The third-order valence-electron chi connectivity index (χ3n) is 1.28. The summed E-state index contributed by atoms with van der Waals surface area (Å²) in [6, 6.07) is 1.02. The second-order valence-electron chi connectivity index (χ2n) is 2.08. The van der Waals surface area contributed by atoms with Crippen molar-refractivity contribution in [3.8, 4) is 5.75 Å². The monoisotopic (exact) mass is 170 g/mol. The maximum Gasteiger partial charge on any atom is 0.314 e. The predicted octanol–water partition coefficient (Wildman–Crippen LogP) is 0.188. The van der Waals surface area contributed by atoms with Crippen molar-refractivity contribution in [1.29, 1.82) is 0 Å². The van der Waals surface area contributed by atoms with E-state index in [0.717, 1.165) is 12.3 Å². The molecule has 12 heavy (non-hydrogen) atoms. The summed E-state index contributed by atoms with van der Waals surface area (Å²) in [4.78, 5) is 13.0. The van der Waals surface area contributed by atoms with E-state index in [0.29, 0.717) is 0 Å². The SMILES string of the molecule is O=[N+]([O-])c1cc(CO)ncc1O. The number of nitro groups is 1. The molecule has 0 bridgehead atoms. The van der Waals surface area contributed by atoms with Gasteiger partial charge in [-0.15, -0.1) is 0 Å². The first-order chi connectivity index (χ1) is 5.65. The average Bonchev–Trinajstić information content (AvgIpc) is 2.05. The van der Waals surface area contributed by atoms with Gasteiger partial charge >= 0.3 is 5.69 Å². The van der Waals surface area contributed by atoms with Crippen molar-refractivity contribution >= 4 is 5.69 Å². The van der Waals surface area contributed by atoms with Crippen LogP contribution in [0.25, 0.3) is 0 Å². The molecule has 1 rings (SSSR count). The van der Waals surface area contributed by atoms with Gasteiger partial charge in [0.05, 0.1) is 23.4 Å². The lowest BCUT2D eigenvalue weighted by Gasteiger charge is -1.96. The highest BCUT2D eigenvalue weighted by molar-refractivity contribution is 5.43. The Labute approximate surface area is 67.3 Å². The van der Waals surface area contributed by atoms with E-state index in [-0.39, 0.29) is 12.3 Å². The Balaban J connectivity index is 3.17. The Morgan fingerprint density at radius 2 is 2.33 bits per heavy atom. The summed E-state index contributed by atoms with van der Waals surface area (Å²) in [5.74, 6) is -0.503. The second-order valence-corrected chi connectivity index (χ2v) is 2.08. The molecule has 0 radical (unpaired) electrons. The molecule has 0 amide bonds. The highest BCUT2D eigenvalue weighted by Crippen LogP contribution is 2.24. The topological polar surface area (TPSA) is 96.5 Å². The molecule has 6 heteroatoms. The van der Waals surface area contributed by atoms with Crippen LogP contribution in [0.4, 0.5) is 5.69 Å². The third kappa shape index (κ3) is 1.48. The Kier molecular flexibility index (Phi) is 2.20. The van der Waals surface area contributed by atoms with Crippen molar-refractivity contribution in [1.82, 2.24) is 4.98 Å². The van der Waals surface area contributed by atoms with Crippen LogP contribution >= 0.6 is 0 Å². The molecule has 0 aliphatic heterocycles. The largest absolute Gasteiger partial charge is 0.501 e. The number of aromatic nitrogens is 1. The van der Waals surface area contributed by atoms with Gasteiger partial charge in [0.1, 0.15) is 0 Å². The number of rotatable bonds is 2. The fraction of sp³-hybridized carbons (Fsp3) is 0.167. The summed E-state index contributed by atoms with van der Waals surface area (Å²) < 4.78 is 0. The molecule has 2 N–H and O–H groups in total. The molecule has 0 saturated carbocycles. The molecule has 0 aliphatic rings. The number of aromatic hydroxyl groups is 1. The lowest BCUT2D eigenvalue weighted by atomic mass is 10.3. The Morgan fingerprint density at radius 3 is 2.83 bits per heavy atom. The molecule has 0 unspecified atom stereocenters. The van der Waals surface area contributed by atoms with Crippen molar-refractivity contribution in [2.75, 3.05) is 0 Å². The number of aliphatic hydroxyl groups is 1. The van der Waals surface area contributed by atoms with E-state index in [1.165, 1.54) is 0 Å². The summed E-state index contributed by atoms with van der Waals surface area (Å²) in [5, 5.41) is 27.7. The van der Waals surface area contributed by atoms with Crippen molar-refractivity contribution in [3.05, 3.63) is 28.1 Å². The lowest BCUT2D eigenvalue weighted by molar-refractivity contribution is -0.386. The van der Waals surface area contributed by atoms with Crippen LogP contribution in [0.15, 0.2) is 12.3 Å². The summed E-state index contributed by atoms with van der Waals surface area (Å²) >= 11 is 0. The number of aliphatic hydroxyl groups excluding tert-OH is 1. The number of hydrogen-bond acceptors (Lipinski definition) is 5. The van der Waals surface area contributed by atoms with E-state index in [2.05, 4.69) is 4.98 Å². The van der Waals surface area contributed by atoms with Crippen molar-refractivity contribution in [3.63, 3.8) is 0 Å². The van der Waals surface area contributed by atoms with Gasteiger partial charge in [0.25, 0.3) is 0 Å². The van der Waals surface area contributed by atoms with Gasteiger partial charge in [0.15, 0.2) is 0 Å². The fourth-order valence-electron chi connectivity index (χ4n) is 0.712. The van der Waals surface area contributed by atoms with Gasteiger partial charge < -0.3 is 10.2 Å². The quantitative estimate of drug-likeness (QED) is 0.487. The normalized spacial score (nSPS) is 9.75. The third-order valence-corrected chi connectivity index (χ3v) is 1.28. The van der Waals surface area contributed by atoms with E-state index in [1.54, 1.807) is 0 Å². The van der Waals surface area contributed by atoms with E-state index < -0.39 is 16.4 Å². The molecule has 1 aromatic heterocycles. The fourth-order valence-corrected chi connectivity index (χ4v) is 0.712. The molecule has 6 nitrogen and oxygen atoms in total. The van der Waals surface area contributed by atoms with Crippen molar-refractivity contribution in [2.24, 2.45) is 0 Å². The Hall–Kier alpha value is -1.69. The molecule has 64 valence electrons. The molecule has 1 heterocycles. The van der Waals surface area contributed by atoms with E-state index >= 15 is 0 Å². The van der Waals surface area contributed by atoms with Gasteiger partial charge in [-0.2, -0.15) is 0 Å². The van der Waals surface area contributed by atoms with Crippen LogP contribution in [0.3, 0.4) is 0 Å². The van der Waals surface area contributed by atoms with Crippen LogP contribution in [0.2, 0.25) is 0 Å². The minimum Gasteiger partial charge on any atom is -0.501 e. The molecule has 0 atom stereocenters. The van der Waals surface area contributed by atoms with E-state index in [4.69, 9.17) is 10.2 Å². The maximum atomic E-state index is 10.2. The molecule has 0 aromatic carbocycles. The first-order valence-electron chi connectivity index (χ1n) is 3.08. The summed E-state index contributed by atoms with van der Waals surface area (Å²) in [7, 11) is 0. The van der Waals surface area contributed by atoms with Crippen LogP contribution in [0.5, 0.6) is 5.75 Å². The first-order valence-corrected chi connectivity index (χ1v) is 3.08. The number of pyridine rings is 1. The van der Waals surface area contributed by atoms with Gasteiger partial charge in [0, 0.05) is 6.07 Å². The second kappa shape index (κ2) is 3.14. The highest BCUT2D eigenvalue weighted by Gasteiger charge is 2.13. The molecule has 0 saturated heterocycles. The number of hydrogen-bond donors (Lipinski definition) is 2. The van der Waals surface area contributed by atoms with Crippen LogP contribution < -0.4 is 0 Å². The Bertz CT molecular complexity index is 312. The van der Waals surface area contributed by atoms with Gasteiger partial charge in [-0.25, -0.2) is 0 Å². The first kappa shape index (κ1) is 8.41. The van der Waals surface area contributed by atoms with Crippen LogP contribution in [-0.2, 0) is 6.61 Å². The van der Waals surface area contributed by atoms with E-state index in [1.807, 2.05) is 0 Å². The molecule has 1 aromatic rings. The molecular formula is C6H6N2O4.